The third kappa shape index (κ3) is 1.97. The Balaban J connectivity index is 2.20. The molecule has 0 unspecified atom stereocenters. The van der Waals surface area contributed by atoms with Crippen molar-refractivity contribution in [2.45, 2.75) is 12.8 Å². The van der Waals surface area contributed by atoms with Crippen LogP contribution in [0.4, 0.5) is 0 Å². The van der Waals surface area contributed by atoms with E-state index >= 15 is 0 Å². The molecule has 0 fully saturated rings. The summed E-state index contributed by atoms with van der Waals surface area (Å²) in [4.78, 5) is 11.2. The number of carboxylic acid groups (broad SMARTS) is 1. The van der Waals surface area contributed by atoms with Crippen LogP contribution in [0.1, 0.15) is 18.4 Å². The molecule has 0 aliphatic rings. The summed E-state index contributed by atoms with van der Waals surface area (Å²) >= 11 is 0. The van der Waals surface area contributed by atoms with Crippen LogP contribution >= 0.6 is 0 Å². The molecule has 3 nitrogen and oxygen atoms in total. The first kappa shape index (κ1) is 12.5. The Bertz CT molecular complexity index is 756. The van der Waals surface area contributed by atoms with Gasteiger partial charge in [-0.05, 0) is 12.5 Å². The van der Waals surface area contributed by atoms with Gasteiger partial charge in [-0.25, -0.2) is 0 Å². The van der Waals surface area contributed by atoms with Gasteiger partial charge in [0.1, 0.15) is 5.58 Å². The smallest absolute Gasteiger partial charge is 0.310 e. The topological polar surface area (TPSA) is 50.4 Å². The van der Waals surface area contributed by atoms with E-state index in [2.05, 4.69) is 0 Å². The highest BCUT2D eigenvalue weighted by Crippen LogP contribution is 2.34. The SMILES string of the molecule is C[C@@H](C(=O)O)c1cccc2c(-c3ccccc3)coc12. The number of benzene rings is 2. The van der Waals surface area contributed by atoms with Crippen molar-refractivity contribution in [1.29, 1.82) is 0 Å². The number of carboxylic acids is 1. The Morgan fingerprint density at radius 3 is 2.55 bits per heavy atom. The average molecular weight is 266 g/mol. The highest BCUT2D eigenvalue weighted by atomic mass is 16.4. The number of aliphatic carboxylic acids is 1. The molecule has 100 valence electrons. The van der Waals surface area contributed by atoms with Gasteiger partial charge in [0.25, 0.3) is 0 Å². The van der Waals surface area contributed by atoms with Gasteiger partial charge >= 0.3 is 5.97 Å². The van der Waals surface area contributed by atoms with Crippen molar-refractivity contribution in [3.8, 4) is 11.1 Å². The first-order chi connectivity index (χ1) is 9.68. The van der Waals surface area contributed by atoms with Gasteiger partial charge in [-0.3, -0.25) is 4.79 Å². The van der Waals surface area contributed by atoms with Crippen LogP contribution in [-0.2, 0) is 4.79 Å². The molecular weight excluding hydrogens is 252 g/mol. The molecule has 1 N–H and O–H groups in total. The minimum atomic E-state index is -0.852. The van der Waals surface area contributed by atoms with Crippen molar-refractivity contribution < 1.29 is 14.3 Å². The second kappa shape index (κ2) is 4.85. The molecule has 0 saturated carbocycles. The van der Waals surface area contributed by atoms with Gasteiger partial charge in [-0.1, -0.05) is 48.5 Å². The van der Waals surface area contributed by atoms with E-state index < -0.39 is 11.9 Å². The minimum Gasteiger partial charge on any atom is -0.481 e. The fourth-order valence-electron chi connectivity index (χ4n) is 2.40. The van der Waals surface area contributed by atoms with Crippen LogP contribution in [0.2, 0.25) is 0 Å². The molecule has 0 amide bonds. The second-order valence-corrected chi connectivity index (χ2v) is 4.80. The van der Waals surface area contributed by atoms with Crippen LogP contribution in [-0.4, -0.2) is 11.1 Å². The summed E-state index contributed by atoms with van der Waals surface area (Å²) in [7, 11) is 0. The Labute approximate surface area is 116 Å². The van der Waals surface area contributed by atoms with Crippen LogP contribution in [0.5, 0.6) is 0 Å². The predicted molar refractivity (Wildman–Crippen MR) is 77.7 cm³/mol. The molecule has 0 bridgehead atoms. The van der Waals surface area contributed by atoms with E-state index in [-0.39, 0.29) is 0 Å². The largest absolute Gasteiger partial charge is 0.481 e. The molecular formula is C17H14O3. The predicted octanol–water partition coefficient (Wildman–Crippen LogP) is 4.29. The van der Waals surface area contributed by atoms with E-state index in [4.69, 9.17) is 4.42 Å². The molecule has 2 aromatic carbocycles. The number of carbonyl (C=O) groups is 1. The lowest BCUT2D eigenvalue weighted by Gasteiger charge is -2.07. The van der Waals surface area contributed by atoms with Crippen LogP contribution in [0.25, 0.3) is 22.1 Å². The third-order valence-electron chi connectivity index (χ3n) is 3.55. The Morgan fingerprint density at radius 2 is 1.85 bits per heavy atom. The summed E-state index contributed by atoms with van der Waals surface area (Å²) in [5.74, 6) is -1.44. The van der Waals surface area contributed by atoms with Gasteiger partial charge in [-0.15, -0.1) is 0 Å². The summed E-state index contributed by atoms with van der Waals surface area (Å²) in [6.45, 7) is 1.67. The summed E-state index contributed by atoms with van der Waals surface area (Å²) in [6, 6.07) is 15.6. The van der Waals surface area contributed by atoms with Crippen molar-refractivity contribution >= 4 is 16.9 Å². The first-order valence-electron chi connectivity index (χ1n) is 6.47. The van der Waals surface area contributed by atoms with Crippen LogP contribution in [0.3, 0.4) is 0 Å². The monoisotopic (exact) mass is 266 g/mol. The van der Waals surface area contributed by atoms with Crippen molar-refractivity contribution in [1.82, 2.24) is 0 Å². The van der Waals surface area contributed by atoms with E-state index in [1.165, 1.54) is 0 Å². The van der Waals surface area contributed by atoms with Crippen molar-refractivity contribution in [2.24, 2.45) is 0 Å². The zero-order valence-corrected chi connectivity index (χ0v) is 11.0. The number of hydrogen-bond acceptors (Lipinski definition) is 2. The molecule has 1 heterocycles. The minimum absolute atomic E-state index is 0.589. The molecule has 3 aromatic rings. The Morgan fingerprint density at radius 1 is 1.10 bits per heavy atom. The third-order valence-corrected chi connectivity index (χ3v) is 3.55. The van der Waals surface area contributed by atoms with Gasteiger partial charge in [0, 0.05) is 16.5 Å². The number of fused-ring (bicyclic) bond motifs is 1. The van der Waals surface area contributed by atoms with Gasteiger partial charge < -0.3 is 9.52 Å². The van der Waals surface area contributed by atoms with E-state index in [1.807, 2.05) is 42.5 Å². The van der Waals surface area contributed by atoms with Gasteiger partial charge in [-0.2, -0.15) is 0 Å². The standard InChI is InChI=1S/C17H14O3/c1-11(17(18)19)13-8-5-9-14-15(10-20-16(13)14)12-6-3-2-4-7-12/h2-11H,1H3,(H,18,19)/t11-/m1/s1. The quantitative estimate of drug-likeness (QED) is 0.769. The fourth-order valence-corrected chi connectivity index (χ4v) is 2.40. The number of rotatable bonds is 3. The maximum absolute atomic E-state index is 11.2. The fraction of sp³-hybridized carbons (Fsp3) is 0.118. The number of hydrogen-bond donors (Lipinski definition) is 1. The van der Waals surface area contributed by atoms with Gasteiger partial charge in [0.05, 0.1) is 12.2 Å². The number of para-hydroxylation sites is 1. The molecule has 0 spiro atoms. The van der Waals surface area contributed by atoms with Crippen molar-refractivity contribution in [2.75, 3.05) is 0 Å². The van der Waals surface area contributed by atoms with Crippen molar-refractivity contribution in [3.05, 3.63) is 60.4 Å². The Kier molecular flexibility index (Phi) is 3.03. The van der Waals surface area contributed by atoms with E-state index in [1.54, 1.807) is 19.3 Å². The molecule has 1 aromatic heterocycles. The average Bonchev–Trinajstić information content (AvgIpc) is 2.91. The summed E-state index contributed by atoms with van der Waals surface area (Å²) in [6.07, 6.45) is 1.69. The van der Waals surface area contributed by atoms with E-state index in [0.717, 1.165) is 16.5 Å². The highest BCUT2D eigenvalue weighted by Gasteiger charge is 2.19. The molecule has 0 aliphatic carbocycles. The lowest BCUT2D eigenvalue weighted by molar-refractivity contribution is -0.138. The maximum Gasteiger partial charge on any atom is 0.310 e. The molecule has 0 radical (unpaired) electrons. The normalized spacial score (nSPS) is 12.4. The first-order valence-corrected chi connectivity index (χ1v) is 6.47. The highest BCUT2D eigenvalue weighted by molar-refractivity contribution is 5.97. The maximum atomic E-state index is 11.2. The second-order valence-electron chi connectivity index (χ2n) is 4.80. The molecule has 1 atom stereocenters. The van der Waals surface area contributed by atoms with Crippen molar-refractivity contribution in [3.63, 3.8) is 0 Å². The van der Waals surface area contributed by atoms with Crippen LogP contribution in [0.15, 0.2) is 59.2 Å². The molecule has 3 rings (SSSR count). The molecule has 0 saturated heterocycles. The molecule has 0 aliphatic heterocycles. The van der Waals surface area contributed by atoms with Gasteiger partial charge in [0.15, 0.2) is 0 Å². The molecule has 20 heavy (non-hydrogen) atoms. The lowest BCUT2D eigenvalue weighted by Crippen LogP contribution is -2.07. The number of furan rings is 1. The zero-order valence-electron chi connectivity index (χ0n) is 11.0. The van der Waals surface area contributed by atoms with E-state index in [0.29, 0.717) is 11.1 Å². The van der Waals surface area contributed by atoms with E-state index in [9.17, 15) is 9.90 Å². The summed E-state index contributed by atoms with van der Waals surface area (Å²) in [5, 5.41) is 10.1. The zero-order chi connectivity index (χ0) is 14.1. The summed E-state index contributed by atoms with van der Waals surface area (Å²) < 4.78 is 5.64. The molecule has 3 heteroatoms. The van der Waals surface area contributed by atoms with Crippen LogP contribution < -0.4 is 0 Å². The van der Waals surface area contributed by atoms with Crippen LogP contribution in [0, 0.1) is 0 Å². The Hall–Kier alpha value is -2.55. The summed E-state index contributed by atoms with van der Waals surface area (Å²) in [5.41, 5.74) is 3.41. The lowest BCUT2D eigenvalue weighted by atomic mass is 9.97. The van der Waals surface area contributed by atoms with Gasteiger partial charge in [0.2, 0.25) is 0 Å².